The molecule has 0 saturated carbocycles. The van der Waals surface area contributed by atoms with Crippen molar-refractivity contribution in [1.82, 2.24) is 14.8 Å². The molecule has 1 aromatic heterocycles. The van der Waals surface area contributed by atoms with E-state index in [1.54, 1.807) is 0 Å². The average Bonchev–Trinajstić information content (AvgIpc) is 2.68. The molecule has 1 aliphatic rings. The first-order chi connectivity index (χ1) is 14.2. The van der Waals surface area contributed by atoms with Crippen molar-refractivity contribution in [3.8, 4) is 0 Å². The van der Waals surface area contributed by atoms with E-state index in [9.17, 15) is 22.8 Å². The molecule has 1 N–H and O–H groups in total. The van der Waals surface area contributed by atoms with Gasteiger partial charge in [0.1, 0.15) is 12.1 Å². The highest BCUT2D eigenvalue weighted by Crippen LogP contribution is 2.26. The molecule has 0 radical (unpaired) electrons. The van der Waals surface area contributed by atoms with Crippen molar-refractivity contribution in [3.63, 3.8) is 0 Å². The van der Waals surface area contributed by atoms with Crippen LogP contribution >= 0.6 is 0 Å². The zero-order valence-electron chi connectivity index (χ0n) is 16.9. The molecule has 1 saturated heterocycles. The molecule has 3 rings (SSSR count). The summed E-state index contributed by atoms with van der Waals surface area (Å²) in [5.74, 6) is 0.147. The van der Waals surface area contributed by atoms with E-state index in [2.05, 4.69) is 17.1 Å². The lowest BCUT2D eigenvalue weighted by atomic mass is 9.99. The van der Waals surface area contributed by atoms with Crippen LogP contribution in [0.1, 0.15) is 36.5 Å². The molecule has 1 atom stereocenters. The highest BCUT2D eigenvalue weighted by molar-refractivity contribution is 5.75. The Morgan fingerprint density at radius 2 is 1.90 bits per heavy atom. The van der Waals surface area contributed by atoms with E-state index in [0.717, 1.165) is 41.4 Å². The number of pyridine rings is 1. The quantitative estimate of drug-likeness (QED) is 0.778. The molecule has 1 aromatic carbocycles. The smallest absolute Gasteiger partial charge is 0.350 e. The van der Waals surface area contributed by atoms with Crippen LogP contribution in [-0.2, 0) is 30.6 Å². The van der Waals surface area contributed by atoms with Crippen molar-refractivity contribution < 1.29 is 18.0 Å². The van der Waals surface area contributed by atoms with Gasteiger partial charge >= 0.3 is 6.18 Å². The summed E-state index contributed by atoms with van der Waals surface area (Å²) in [5, 5.41) is 2.72. The summed E-state index contributed by atoms with van der Waals surface area (Å²) in [5.41, 5.74) is -0.428. The lowest BCUT2D eigenvalue weighted by molar-refractivity contribution is -0.139. The van der Waals surface area contributed by atoms with Gasteiger partial charge in [0, 0.05) is 25.8 Å². The van der Waals surface area contributed by atoms with Gasteiger partial charge in [-0.1, -0.05) is 31.2 Å². The van der Waals surface area contributed by atoms with Gasteiger partial charge in [-0.2, -0.15) is 13.2 Å². The number of halogens is 3. The van der Waals surface area contributed by atoms with Crippen molar-refractivity contribution in [3.05, 3.63) is 69.6 Å². The fourth-order valence-corrected chi connectivity index (χ4v) is 3.84. The van der Waals surface area contributed by atoms with E-state index >= 15 is 0 Å². The Morgan fingerprint density at radius 3 is 2.60 bits per heavy atom. The summed E-state index contributed by atoms with van der Waals surface area (Å²) >= 11 is 0. The lowest BCUT2D eigenvalue weighted by Gasteiger charge is -2.31. The van der Waals surface area contributed by atoms with E-state index < -0.39 is 29.8 Å². The van der Waals surface area contributed by atoms with E-state index in [1.165, 1.54) is 19.0 Å². The first-order valence-corrected chi connectivity index (χ1v) is 10.1. The molecule has 0 unspecified atom stereocenters. The van der Waals surface area contributed by atoms with Gasteiger partial charge in [-0.3, -0.25) is 14.5 Å². The topological polar surface area (TPSA) is 54.3 Å². The molecule has 30 heavy (non-hydrogen) atoms. The van der Waals surface area contributed by atoms with Crippen LogP contribution in [-0.4, -0.2) is 28.5 Å². The number of nitrogens with one attached hydrogen (secondary N) is 1. The predicted molar refractivity (Wildman–Crippen MR) is 108 cm³/mol. The van der Waals surface area contributed by atoms with Crippen LogP contribution in [0.4, 0.5) is 13.2 Å². The minimum Gasteiger partial charge on any atom is -0.350 e. The standard InChI is InChI=1S/C22H26F3N3O2/c1-16-6-4-10-27(13-16)14-18-8-3-2-7-17(18)12-26-20(29)15-28-11-5-9-19(21(28)30)22(23,24)25/h2-3,5,7-9,11,16H,4,6,10,12-15H2,1H3,(H,26,29)/t16-/m0/s1. The molecule has 5 nitrogen and oxygen atoms in total. The monoisotopic (exact) mass is 421 g/mol. The number of carbonyl (C=O) groups excluding carboxylic acids is 1. The number of carbonyl (C=O) groups is 1. The molecule has 1 aliphatic heterocycles. The number of rotatable bonds is 6. The van der Waals surface area contributed by atoms with E-state index in [-0.39, 0.29) is 6.54 Å². The number of alkyl halides is 3. The average molecular weight is 421 g/mol. The normalized spacial score (nSPS) is 17.7. The summed E-state index contributed by atoms with van der Waals surface area (Å²) in [6, 6.07) is 9.63. The molecule has 0 aliphatic carbocycles. The Kier molecular flexibility index (Phi) is 6.97. The first kappa shape index (κ1) is 22.1. The number of aromatic nitrogens is 1. The van der Waals surface area contributed by atoms with Gasteiger partial charge in [-0.15, -0.1) is 0 Å². The fourth-order valence-electron chi connectivity index (χ4n) is 3.84. The van der Waals surface area contributed by atoms with Crippen LogP contribution in [0.15, 0.2) is 47.4 Å². The second kappa shape index (κ2) is 9.47. The van der Waals surface area contributed by atoms with E-state index in [0.29, 0.717) is 12.0 Å². The zero-order chi connectivity index (χ0) is 21.7. The van der Waals surface area contributed by atoms with Crippen molar-refractivity contribution in [2.24, 2.45) is 5.92 Å². The number of amides is 1. The molecule has 0 bridgehead atoms. The van der Waals surface area contributed by atoms with Gasteiger partial charge in [0.2, 0.25) is 5.91 Å². The van der Waals surface area contributed by atoms with Crippen LogP contribution in [0.5, 0.6) is 0 Å². The summed E-state index contributed by atoms with van der Waals surface area (Å²) in [7, 11) is 0. The van der Waals surface area contributed by atoms with Gasteiger partial charge in [0.05, 0.1) is 0 Å². The SMILES string of the molecule is C[C@H]1CCCN(Cc2ccccc2CNC(=O)Cn2cccc(C(F)(F)F)c2=O)C1. The highest BCUT2D eigenvalue weighted by Gasteiger charge is 2.34. The molecule has 8 heteroatoms. The Morgan fingerprint density at radius 1 is 1.17 bits per heavy atom. The Hall–Kier alpha value is -2.61. The summed E-state index contributed by atoms with van der Waals surface area (Å²) in [6.45, 7) is 4.92. The maximum atomic E-state index is 12.9. The third kappa shape index (κ3) is 5.72. The minimum absolute atomic E-state index is 0.256. The predicted octanol–water partition coefficient (Wildman–Crippen LogP) is 3.42. The molecule has 2 heterocycles. The summed E-state index contributed by atoms with van der Waals surface area (Å²) < 4.78 is 39.4. The molecule has 0 spiro atoms. The fraction of sp³-hybridized carbons (Fsp3) is 0.455. The molecular formula is C22H26F3N3O2. The Balaban J connectivity index is 1.63. The van der Waals surface area contributed by atoms with Gasteiger partial charge in [0.15, 0.2) is 0 Å². The number of likely N-dealkylation sites (tertiary alicyclic amines) is 1. The second-order valence-corrected chi connectivity index (χ2v) is 7.88. The maximum absolute atomic E-state index is 12.9. The van der Waals surface area contributed by atoms with Gasteiger partial charge in [0.25, 0.3) is 5.56 Å². The van der Waals surface area contributed by atoms with Crippen molar-refractivity contribution in [2.75, 3.05) is 13.1 Å². The largest absolute Gasteiger partial charge is 0.421 e. The number of piperidine rings is 1. The van der Waals surface area contributed by atoms with E-state index in [4.69, 9.17) is 0 Å². The molecule has 1 fully saturated rings. The Bertz CT molecular complexity index is 940. The van der Waals surface area contributed by atoms with Crippen LogP contribution in [0.3, 0.4) is 0 Å². The minimum atomic E-state index is -4.75. The first-order valence-electron chi connectivity index (χ1n) is 10.1. The number of hydrogen-bond acceptors (Lipinski definition) is 3. The third-order valence-electron chi connectivity index (χ3n) is 5.37. The molecular weight excluding hydrogens is 395 g/mol. The maximum Gasteiger partial charge on any atom is 0.421 e. The lowest BCUT2D eigenvalue weighted by Crippen LogP contribution is -2.35. The zero-order valence-corrected chi connectivity index (χ0v) is 16.9. The summed E-state index contributed by atoms with van der Waals surface area (Å²) in [4.78, 5) is 26.7. The van der Waals surface area contributed by atoms with Gasteiger partial charge < -0.3 is 9.88 Å². The number of benzene rings is 1. The molecule has 2 aromatic rings. The van der Waals surface area contributed by atoms with Crippen LogP contribution in [0, 0.1) is 5.92 Å². The Labute approximate surface area is 173 Å². The van der Waals surface area contributed by atoms with E-state index in [1.807, 2.05) is 24.3 Å². The summed E-state index contributed by atoms with van der Waals surface area (Å²) in [6.07, 6.45) is -1.15. The molecule has 162 valence electrons. The van der Waals surface area contributed by atoms with Crippen molar-refractivity contribution in [1.29, 1.82) is 0 Å². The van der Waals surface area contributed by atoms with Crippen molar-refractivity contribution in [2.45, 2.75) is 45.6 Å². The van der Waals surface area contributed by atoms with Gasteiger partial charge in [-0.25, -0.2) is 0 Å². The van der Waals surface area contributed by atoms with Crippen LogP contribution < -0.4 is 10.9 Å². The second-order valence-electron chi connectivity index (χ2n) is 7.88. The highest BCUT2D eigenvalue weighted by atomic mass is 19.4. The number of nitrogens with zero attached hydrogens (tertiary/aromatic N) is 2. The van der Waals surface area contributed by atoms with Crippen LogP contribution in [0.2, 0.25) is 0 Å². The molecule has 1 amide bonds. The van der Waals surface area contributed by atoms with Crippen molar-refractivity contribution >= 4 is 5.91 Å². The third-order valence-corrected chi connectivity index (χ3v) is 5.37. The van der Waals surface area contributed by atoms with Gasteiger partial charge in [-0.05, 0) is 48.6 Å². The van der Waals surface area contributed by atoms with Crippen LogP contribution in [0.25, 0.3) is 0 Å². The number of hydrogen-bond donors (Lipinski definition) is 1.